The summed E-state index contributed by atoms with van der Waals surface area (Å²) in [5, 5.41) is 8.27. The van der Waals surface area contributed by atoms with Crippen LogP contribution in [0.2, 0.25) is 0 Å². The Labute approximate surface area is 44.8 Å². The maximum atomic E-state index is 8.27. The molecule has 1 radical (unpaired) electrons. The van der Waals surface area contributed by atoms with Gasteiger partial charge in [-0.2, -0.15) is 0 Å². The average Bonchev–Trinajstić information content (AvgIpc) is 1.68. The van der Waals surface area contributed by atoms with Gasteiger partial charge in [-0.25, -0.2) is 0 Å². The predicted octanol–water partition coefficient (Wildman–Crippen LogP) is -0.913. The molecule has 0 spiro atoms. The Balaban J connectivity index is 2.98. The second-order valence-corrected chi connectivity index (χ2v) is 1.27. The molecule has 4 heteroatoms. The van der Waals surface area contributed by atoms with Crippen LogP contribution in [-0.2, 0) is 4.65 Å². The summed E-state index contributed by atoms with van der Waals surface area (Å²) in [6.45, 7) is 1.73. The molecule has 0 aromatic carbocycles. The van der Waals surface area contributed by atoms with Crippen molar-refractivity contribution in [3.63, 3.8) is 0 Å². The first-order valence-corrected chi connectivity index (χ1v) is 2.11. The molecule has 0 saturated carbocycles. The van der Waals surface area contributed by atoms with Crippen molar-refractivity contribution in [2.24, 2.45) is 0 Å². The van der Waals surface area contributed by atoms with Crippen LogP contribution in [0.4, 0.5) is 0 Å². The van der Waals surface area contributed by atoms with Crippen molar-refractivity contribution in [1.29, 1.82) is 0 Å². The molecule has 0 aliphatic heterocycles. The first kappa shape index (κ1) is 6.89. The molecule has 37 valence electrons. The minimum absolute atomic E-state index is 0.00764. The summed E-state index contributed by atoms with van der Waals surface area (Å²) in [4.78, 5) is 0. The summed E-state index contributed by atoms with van der Waals surface area (Å²) in [7, 11) is 5.92. The van der Waals surface area contributed by atoms with E-state index >= 15 is 0 Å². The van der Waals surface area contributed by atoms with Gasteiger partial charge in [0.25, 0.3) is 0 Å². The molecule has 1 N–H and O–H groups in total. The van der Waals surface area contributed by atoms with E-state index in [-0.39, 0.29) is 12.7 Å². The normalized spacial score (nSPS) is 12.1. The van der Waals surface area contributed by atoms with Crippen LogP contribution in [0.25, 0.3) is 0 Å². The number of aliphatic hydroxyl groups excluding tert-OH is 1. The van der Waals surface area contributed by atoms with Crippen molar-refractivity contribution in [2.75, 3.05) is 6.61 Å². The van der Waals surface area contributed by atoms with E-state index in [1.54, 1.807) is 6.92 Å². The van der Waals surface area contributed by atoms with Crippen LogP contribution in [0, 0.1) is 0 Å². The molecule has 0 rings (SSSR count). The SMILES string of the molecule is [B]=BOC(C)CO. The van der Waals surface area contributed by atoms with E-state index < -0.39 is 0 Å². The van der Waals surface area contributed by atoms with Crippen LogP contribution in [0.15, 0.2) is 0 Å². The number of rotatable bonds is 3. The van der Waals surface area contributed by atoms with Gasteiger partial charge in [0, 0.05) is 0 Å². The third-order valence-electron chi connectivity index (χ3n) is 0.568. The van der Waals surface area contributed by atoms with E-state index in [0.717, 1.165) is 7.00 Å². The molecule has 2 nitrogen and oxygen atoms in total. The molecule has 0 bridgehead atoms. The van der Waals surface area contributed by atoms with Crippen LogP contribution >= 0.6 is 0 Å². The minimum atomic E-state index is -0.176. The van der Waals surface area contributed by atoms with Crippen molar-refractivity contribution < 1.29 is 9.76 Å². The Morgan fingerprint density at radius 1 is 2.00 bits per heavy atom. The molecule has 0 aliphatic carbocycles. The number of aliphatic hydroxyl groups is 1. The Morgan fingerprint density at radius 3 is 2.71 bits per heavy atom. The zero-order valence-electron chi connectivity index (χ0n) is 4.29. The second-order valence-electron chi connectivity index (χ2n) is 1.27. The van der Waals surface area contributed by atoms with Gasteiger partial charge in [-0.3, -0.25) is 0 Å². The van der Waals surface area contributed by atoms with Crippen LogP contribution in [0.5, 0.6) is 0 Å². The van der Waals surface area contributed by atoms with Gasteiger partial charge >= 0.3 is 43.8 Å². The van der Waals surface area contributed by atoms with E-state index in [4.69, 9.17) is 12.5 Å². The van der Waals surface area contributed by atoms with E-state index in [0.29, 0.717) is 0 Å². The second kappa shape index (κ2) is 4.06. The Hall–Kier alpha value is -0.110. The Kier molecular flexibility index (Phi) is 4.00. The predicted molar refractivity (Wildman–Crippen MR) is 29.1 cm³/mol. The van der Waals surface area contributed by atoms with E-state index in [1.807, 2.05) is 0 Å². The van der Waals surface area contributed by atoms with Gasteiger partial charge in [0.2, 0.25) is 0 Å². The summed E-state index contributed by atoms with van der Waals surface area (Å²) in [6.07, 6.45) is -0.176. The van der Waals surface area contributed by atoms with Crippen LogP contribution in [0.1, 0.15) is 6.92 Å². The van der Waals surface area contributed by atoms with Crippen LogP contribution < -0.4 is 0 Å². The molecule has 0 aromatic heterocycles. The molecular weight excluding hydrogens is 89.7 g/mol. The molecule has 0 heterocycles. The van der Waals surface area contributed by atoms with Crippen molar-refractivity contribution in [3.05, 3.63) is 0 Å². The fraction of sp³-hybridized carbons (Fsp3) is 1.00. The summed E-state index contributed by atoms with van der Waals surface area (Å²) in [5.41, 5.74) is 0. The van der Waals surface area contributed by atoms with Crippen molar-refractivity contribution >= 4 is 14.4 Å². The topological polar surface area (TPSA) is 29.5 Å². The average molecular weight is 96.7 g/mol. The maximum absolute atomic E-state index is 8.27. The monoisotopic (exact) mass is 97.1 g/mol. The zero-order chi connectivity index (χ0) is 5.70. The molecule has 0 fully saturated rings. The van der Waals surface area contributed by atoms with Gasteiger partial charge < -0.3 is 0 Å². The molecule has 1 atom stereocenters. The number of hydrogen-bond acceptors (Lipinski definition) is 2. The van der Waals surface area contributed by atoms with Gasteiger partial charge in [0.15, 0.2) is 0 Å². The van der Waals surface area contributed by atoms with E-state index in [2.05, 4.69) is 4.65 Å². The first-order valence-electron chi connectivity index (χ1n) is 2.11. The van der Waals surface area contributed by atoms with E-state index in [1.165, 1.54) is 0 Å². The van der Waals surface area contributed by atoms with Crippen LogP contribution in [-0.4, -0.2) is 32.2 Å². The summed E-state index contributed by atoms with van der Waals surface area (Å²) >= 11 is 0. The van der Waals surface area contributed by atoms with Gasteiger partial charge in [-0.05, 0) is 0 Å². The van der Waals surface area contributed by atoms with Crippen LogP contribution in [0.3, 0.4) is 0 Å². The third kappa shape index (κ3) is 3.73. The number of hydrogen-bond donors (Lipinski definition) is 1. The molecule has 0 aliphatic rings. The molecule has 0 amide bonds. The fourth-order valence-corrected chi connectivity index (χ4v) is 0.177. The Morgan fingerprint density at radius 2 is 2.57 bits per heavy atom. The first-order chi connectivity index (χ1) is 3.31. The van der Waals surface area contributed by atoms with Crippen molar-refractivity contribution in [2.45, 2.75) is 13.0 Å². The molecule has 0 saturated heterocycles. The summed E-state index contributed by atoms with van der Waals surface area (Å²) in [6, 6.07) is 0. The summed E-state index contributed by atoms with van der Waals surface area (Å²) in [5.74, 6) is 0. The standard InChI is InChI=1S/C3H7B2O2/c1-3(2-6)7-5-4/h3,6H,2H2,1H3. The van der Waals surface area contributed by atoms with Gasteiger partial charge in [0.1, 0.15) is 0 Å². The zero-order valence-corrected chi connectivity index (χ0v) is 4.29. The molecule has 0 aromatic rings. The molecule has 1 unspecified atom stereocenters. The van der Waals surface area contributed by atoms with Gasteiger partial charge in [0.05, 0.1) is 0 Å². The van der Waals surface area contributed by atoms with Crippen molar-refractivity contribution in [3.8, 4) is 0 Å². The third-order valence-corrected chi connectivity index (χ3v) is 0.568. The van der Waals surface area contributed by atoms with Gasteiger partial charge in [-0.1, -0.05) is 0 Å². The Bertz CT molecular complexity index is 56.9. The van der Waals surface area contributed by atoms with E-state index in [9.17, 15) is 0 Å². The molecular formula is C3H7B2O2. The van der Waals surface area contributed by atoms with Crippen molar-refractivity contribution in [1.82, 2.24) is 0 Å². The fourth-order valence-electron chi connectivity index (χ4n) is 0.177. The van der Waals surface area contributed by atoms with Gasteiger partial charge in [-0.15, -0.1) is 0 Å². The molecule has 7 heavy (non-hydrogen) atoms. The quantitative estimate of drug-likeness (QED) is 0.461. The summed E-state index contributed by atoms with van der Waals surface area (Å²) < 4.78 is 4.59.